The van der Waals surface area contributed by atoms with Gasteiger partial charge >= 0.3 is 0 Å². The number of rotatable bonds is 7. The Morgan fingerprint density at radius 2 is 1.81 bits per heavy atom. The van der Waals surface area contributed by atoms with Crippen LogP contribution in [0.5, 0.6) is 0 Å². The van der Waals surface area contributed by atoms with Crippen LogP contribution in [0.2, 0.25) is 0 Å². The predicted molar refractivity (Wildman–Crippen MR) is 82.4 cm³/mol. The van der Waals surface area contributed by atoms with E-state index in [1.165, 1.54) is 11.6 Å². The minimum atomic E-state index is -0.525. The van der Waals surface area contributed by atoms with Crippen molar-refractivity contribution in [2.45, 2.75) is 25.7 Å². The second-order valence-corrected chi connectivity index (χ2v) is 5.19. The van der Waals surface area contributed by atoms with Crippen LogP contribution in [0, 0.1) is 11.6 Å². The first-order valence-electron chi connectivity index (χ1n) is 7.40. The maximum Gasteiger partial charge on any atom is 0.129 e. The van der Waals surface area contributed by atoms with Crippen molar-refractivity contribution < 1.29 is 8.78 Å². The highest BCUT2D eigenvalue weighted by Crippen LogP contribution is 2.22. The Bertz CT molecular complexity index is 554. The highest BCUT2D eigenvalue weighted by molar-refractivity contribution is 5.22. The summed E-state index contributed by atoms with van der Waals surface area (Å²) in [6, 6.07) is 14.1. The van der Waals surface area contributed by atoms with Crippen LogP contribution in [0.4, 0.5) is 8.78 Å². The normalized spacial score (nSPS) is 12.3. The number of benzene rings is 2. The molecule has 0 saturated heterocycles. The van der Waals surface area contributed by atoms with E-state index in [0.29, 0.717) is 17.9 Å². The lowest BCUT2D eigenvalue weighted by atomic mass is 9.92. The molecule has 1 nitrogen and oxygen atoms in total. The molecule has 2 aromatic carbocycles. The van der Waals surface area contributed by atoms with Crippen molar-refractivity contribution in [3.05, 3.63) is 71.3 Å². The van der Waals surface area contributed by atoms with E-state index in [0.717, 1.165) is 25.6 Å². The summed E-state index contributed by atoms with van der Waals surface area (Å²) in [5.74, 6) is -0.649. The van der Waals surface area contributed by atoms with E-state index in [9.17, 15) is 8.78 Å². The molecule has 1 atom stereocenters. The van der Waals surface area contributed by atoms with Gasteiger partial charge in [-0.25, -0.2) is 8.78 Å². The zero-order valence-corrected chi connectivity index (χ0v) is 12.3. The first-order valence-corrected chi connectivity index (χ1v) is 7.40. The third-order valence-corrected chi connectivity index (χ3v) is 3.69. The van der Waals surface area contributed by atoms with Crippen molar-refractivity contribution in [3.63, 3.8) is 0 Å². The van der Waals surface area contributed by atoms with Crippen LogP contribution in [0.1, 0.15) is 30.4 Å². The van der Waals surface area contributed by atoms with Gasteiger partial charge in [-0.05, 0) is 42.5 Å². The highest BCUT2D eigenvalue weighted by atomic mass is 19.1. The first-order chi connectivity index (χ1) is 10.2. The maximum atomic E-state index is 13.7. The van der Waals surface area contributed by atoms with Crippen LogP contribution in [0.3, 0.4) is 0 Å². The number of nitrogens with one attached hydrogen (secondary N) is 1. The second kappa shape index (κ2) is 7.89. The monoisotopic (exact) mass is 289 g/mol. The molecule has 0 fully saturated rings. The zero-order chi connectivity index (χ0) is 15.1. The molecule has 0 aliphatic rings. The van der Waals surface area contributed by atoms with Gasteiger partial charge in [-0.1, -0.05) is 43.3 Å². The van der Waals surface area contributed by atoms with E-state index in [1.54, 1.807) is 6.07 Å². The molecule has 112 valence electrons. The molecule has 0 saturated carbocycles. The molecule has 0 bridgehead atoms. The third-order valence-electron chi connectivity index (χ3n) is 3.69. The van der Waals surface area contributed by atoms with Gasteiger partial charge in [0.05, 0.1) is 0 Å². The number of halogens is 2. The number of aryl methyl sites for hydroxylation is 1. The van der Waals surface area contributed by atoms with E-state index in [-0.39, 0.29) is 0 Å². The largest absolute Gasteiger partial charge is 0.316 e. The van der Waals surface area contributed by atoms with Crippen molar-refractivity contribution in [2.75, 3.05) is 13.1 Å². The van der Waals surface area contributed by atoms with E-state index < -0.39 is 11.6 Å². The van der Waals surface area contributed by atoms with Gasteiger partial charge < -0.3 is 5.32 Å². The van der Waals surface area contributed by atoms with Crippen molar-refractivity contribution in [1.82, 2.24) is 5.32 Å². The van der Waals surface area contributed by atoms with Crippen molar-refractivity contribution >= 4 is 0 Å². The Hall–Kier alpha value is -1.74. The molecule has 1 N–H and O–H groups in total. The Morgan fingerprint density at radius 1 is 1.05 bits per heavy atom. The molecule has 0 aromatic heterocycles. The summed E-state index contributed by atoms with van der Waals surface area (Å²) < 4.78 is 26.6. The van der Waals surface area contributed by atoms with Gasteiger partial charge in [0.1, 0.15) is 11.6 Å². The fourth-order valence-electron chi connectivity index (χ4n) is 2.48. The summed E-state index contributed by atoms with van der Waals surface area (Å²) in [5, 5.41) is 3.35. The third kappa shape index (κ3) is 4.64. The second-order valence-electron chi connectivity index (χ2n) is 5.19. The molecule has 0 aliphatic heterocycles. The molecule has 2 aromatic rings. The lowest BCUT2D eigenvalue weighted by Crippen LogP contribution is -2.21. The number of hydrogen-bond acceptors (Lipinski definition) is 1. The molecule has 3 heteroatoms. The molecule has 0 radical (unpaired) electrons. The average molecular weight is 289 g/mol. The minimum absolute atomic E-state index is 0.329. The summed E-state index contributed by atoms with van der Waals surface area (Å²) in [6.45, 7) is 3.85. The van der Waals surface area contributed by atoms with E-state index in [4.69, 9.17) is 0 Å². The van der Waals surface area contributed by atoms with E-state index >= 15 is 0 Å². The van der Waals surface area contributed by atoms with Crippen LogP contribution in [-0.2, 0) is 6.42 Å². The van der Waals surface area contributed by atoms with Crippen molar-refractivity contribution in [3.8, 4) is 0 Å². The quantitative estimate of drug-likeness (QED) is 0.801. The Balaban J connectivity index is 2.05. The van der Waals surface area contributed by atoms with E-state index in [1.807, 2.05) is 18.2 Å². The topological polar surface area (TPSA) is 12.0 Å². The Labute approximate surface area is 125 Å². The predicted octanol–water partition coefficient (Wildman–Crippen LogP) is 4.29. The summed E-state index contributed by atoms with van der Waals surface area (Å²) >= 11 is 0. The smallest absolute Gasteiger partial charge is 0.129 e. The van der Waals surface area contributed by atoms with Crippen LogP contribution < -0.4 is 5.32 Å². The standard InChI is InChI=1S/C18H21F2N/c1-2-21-13-16(14-6-4-3-5-7-14)9-8-15-10-11-17(19)12-18(15)20/h3-7,10-12,16,21H,2,8-9,13H2,1H3. The molecular weight excluding hydrogens is 268 g/mol. The summed E-state index contributed by atoms with van der Waals surface area (Å²) in [7, 11) is 0. The molecule has 0 amide bonds. The van der Waals surface area contributed by atoms with Crippen molar-refractivity contribution in [1.29, 1.82) is 0 Å². The van der Waals surface area contributed by atoms with E-state index in [2.05, 4.69) is 24.4 Å². The molecular formula is C18H21F2N. The van der Waals surface area contributed by atoms with Gasteiger partial charge in [-0.2, -0.15) is 0 Å². The minimum Gasteiger partial charge on any atom is -0.316 e. The molecule has 0 spiro atoms. The van der Waals surface area contributed by atoms with Crippen molar-refractivity contribution in [2.24, 2.45) is 0 Å². The van der Waals surface area contributed by atoms with Crippen LogP contribution >= 0.6 is 0 Å². The fourth-order valence-corrected chi connectivity index (χ4v) is 2.48. The Kier molecular flexibility index (Phi) is 5.88. The Morgan fingerprint density at radius 3 is 2.48 bits per heavy atom. The van der Waals surface area contributed by atoms with Crippen LogP contribution in [0.15, 0.2) is 48.5 Å². The van der Waals surface area contributed by atoms with Gasteiger partial charge in [0.15, 0.2) is 0 Å². The summed E-state index contributed by atoms with van der Waals surface area (Å²) in [4.78, 5) is 0. The lowest BCUT2D eigenvalue weighted by Gasteiger charge is -2.18. The van der Waals surface area contributed by atoms with Crippen LogP contribution in [0.25, 0.3) is 0 Å². The highest BCUT2D eigenvalue weighted by Gasteiger charge is 2.12. The SMILES string of the molecule is CCNCC(CCc1ccc(F)cc1F)c1ccccc1. The number of likely N-dealkylation sites (N-methyl/N-ethyl adjacent to an activating group) is 1. The first kappa shape index (κ1) is 15.6. The average Bonchev–Trinajstić information content (AvgIpc) is 2.50. The van der Waals surface area contributed by atoms with Crippen LogP contribution in [-0.4, -0.2) is 13.1 Å². The van der Waals surface area contributed by atoms with Gasteiger partial charge in [0, 0.05) is 12.6 Å². The lowest BCUT2D eigenvalue weighted by molar-refractivity contribution is 0.539. The van der Waals surface area contributed by atoms with Gasteiger partial charge in [0.25, 0.3) is 0 Å². The van der Waals surface area contributed by atoms with Gasteiger partial charge in [-0.3, -0.25) is 0 Å². The molecule has 21 heavy (non-hydrogen) atoms. The fraction of sp³-hybridized carbons (Fsp3) is 0.333. The van der Waals surface area contributed by atoms with Gasteiger partial charge in [0.2, 0.25) is 0 Å². The van der Waals surface area contributed by atoms with Gasteiger partial charge in [-0.15, -0.1) is 0 Å². The summed E-state index contributed by atoms with van der Waals surface area (Å²) in [5.41, 5.74) is 1.83. The molecule has 0 aliphatic carbocycles. The zero-order valence-electron chi connectivity index (χ0n) is 12.3. The number of hydrogen-bond donors (Lipinski definition) is 1. The molecule has 1 unspecified atom stereocenters. The maximum absolute atomic E-state index is 13.7. The molecule has 2 rings (SSSR count). The molecule has 0 heterocycles. The summed E-state index contributed by atoms with van der Waals surface area (Å²) in [6.07, 6.45) is 1.44.